The number of amides is 1. The summed E-state index contributed by atoms with van der Waals surface area (Å²) in [4.78, 5) is 26.6. The van der Waals surface area contributed by atoms with Crippen LogP contribution in [0, 0.1) is 11.8 Å². The van der Waals surface area contributed by atoms with Gasteiger partial charge in [-0.05, 0) is 36.8 Å². The van der Waals surface area contributed by atoms with Crippen LogP contribution in [0.4, 0.5) is 0 Å². The first kappa shape index (κ1) is 15.5. The Kier molecular flexibility index (Phi) is 5.31. The van der Waals surface area contributed by atoms with Crippen molar-refractivity contribution in [1.29, 1.82) is 0 Å². The Balaban J connectivity index is 1.85. The zero-order valence-corrected chi connectivity index (χ0v) is 12.3. The lowest BCUT2D eigenvalue weighted by Crippen LogP contribution is -2.31. The first-order valence-corrected chi connectivity index (χ1v) is 7.57. The fourth-order valence-corrected chi connectivity index (χ4v) is 2.87. The van der Waals surface area contributed by atoms with Crippen molar-refractivity contribution in [3.63, 3.8) is 0 Å². The van der Waals surface area contributed by atoms with Crippen LogP contribution < -0.4 is 5.32 Å². The number of nitrogens with one attached hydrogen (secondary N) is 1. The molecule has 1 amide bonds. The summed E-state index contributed by atoms with van der Waals surface area (Å²) in [5.41, 5.74) is 0.246. The van der Waals surface area contributed by atoms with Crippen molar-refractivity contribution in [2.45, 2.75) is 39.0 Å². The van der Waals surface area contributed by atoms with Crippen LogP contribution in [0.15, 0.2) is 18.3 Å². The Morgan fingerprint density at radius 1 is 1.29 bits per heavy atom. The van der Waals surface area contributed by atoms with Crippen molar-refractivity contribution in [3.05, 3.63) is 29.6 Å². The highest BCUT2D eigenvalue weighted by atomic mass is 16.4. The van der Waals surface area contributed by atoms with Crippen molar-refractivity contribution in [2.75, 3.05) is 6.54 Å². The first-order chi connectivity index (χ1) is 10.1. The van der Waals surface area contributed by atoms with E-state index in [1.54, 1.807) is 0 Å². The van der Waals surface area contributed by atoms with E-state index < -0.39 is 5.97 Å². The average Bonchev–Trinajstić information content (AvgIpc) is 2.53. The zero-order chi connectivity index (χ0) is 15.2. The van der Waals surface area contributed by atoms with Gasteiger partial charge in [0.2, 0.25) is 0 Å². The number of pyridine rings is 1. The molecule has 1 aliphatic rings. The SMILES string of the molecule is CCC1CCC(CNC(=O)c2ccnc(C(=O)O)c2)CC1. The average molecular weight is 290 g/mol. The quantitative estimate of drug-likeness (QED) is 0.874. The van der Waals surface area contributed by atoms with Gasteiger partial charge in [0.25, 0.3) is 5.91 Å². The number of aromatic carboxylic acids is 1. The third kappa shape index (κ3) is 4.28. The fraction of sp³-hybridized carbons (Fsp3) is 0.562. The molecule has 21 heavy (non-hydrogen) atoms. The molecule has 0 aliphatic heterocycles. The molecule has 1 heterocycles. The third-order valence-electron chi connectivity index (χ3n) is 4.34. The van der Waals surface area contributed by atoms with Crippen LogP contribution in [-0.4, -0.2) is 28.5 Å². The van der Waals surface area contributed by atoms with Gasteiger partial charge in [0, 0.05) is 18.3 Å². The van der Waals surface area contributed by atoms with E-state index in [0.717, 1.165) is 18.8 Å². The highest BCUT2D eigenvalue weighted by Crippen LogP contribution is 2.30. The van der Waals surface area contributed by atoms with Gasteiger partial charge in [0.05, 0.1) is 0 Å². The van der Waals surface area contributed by atoms with E-state index >= 15 is 0 Å². The number of hydrogen-bond acceptors (Lipinski definition) is 3. The molecule has 1 aromatic rings. The Hall–Kier alpha value is -1.91. The molecule has 0 unspecified atom stereocenters. The van der Waals surface area contributed by atoms with Gasteiger partial charge in [-0.2, -0.15) is 0 Å². The number of hydrogen-bond donors (Lipinski definition) is 2. The zero-order valence-electron chi connectivity index (χ0n) is 12.3. The van der Waals surface area contributed by atoms with Crippen molar-refractivity contribution in [2.24, 2.45) is 11.8 Å². The largest absolute Gasteiger partial charge is 0.477 e. The number of carbonyl (C=O) groups is 2. The molecular weight excluding hydrogens is 268 g/mol. The van der Waals surface area contributed by atoms with Crippen molar-refractivity contribution in [3.8, 4) is 0 Å². The van der Waals surface area contributed by atoms with Crippen LogP contribution in [-0.2, 0) is 0 Å². The molecule has 2 N–H and O–H groups in total. The van der Waals surface area contributed by atoms with E-state index in [1.165, 1.54) is 37.6 Å². The van der Waals surface area contributed by atoms with Crippen LogP contribution >= 0.6 is 0 Å². The molecule has 0 radical (unpaired) electrons. The van der Waals surface area contributed by atoms with Crippen LogP contribution in [0.3, 0.4) is 0 Å². The molecule has 0 aromatic carbocycles. The fourth-order valence-electron chi connectivity index (χ4n) is 2.87. The second kappa shape index (κ2) is 7.20. The number of carboxylic acids is 1. The van der Waals surface area contributed by atoms with Gasteiger partial charge >= 0.3 is 5.97 Å². The maximum absolute atomic E-state index is 12.1. The van der Waals surface area contributed by atoms with Gasteiger partial charge in [-0.1, -0.05) is 26.2 Å². The lowest BCUT2D eigenvalue weighted by atomic mass is 9.81. The standard InChI is InChI=1S/C16H22N2O3/c1-2-11-3-5-12(6-4-11)10-18-15(19)13-7-8-17-14(9-13)16(20)21/h7-9,11-12H,2-6,10H2,1H3,(H,18,19)(H,20,21). The summed E-state index contributed by atoms with van der Waals surface area (Å²) in [5.74, 6) is 0.0351. The van der Waals surface area contributed by atoms with Gasteiger partial charge in [-0.25, -0.2) is 9.78 Å². The molecule has 1 saturated carbocycles. The molecule has 5 nitrogen and oxygen atoms in total. The first-order valence-electron chi connectivity index (χ1n) is 7.57. The van der Waals surface area contributed by atoms with E-state index in [-0.39, 0.29) is 11.6 Å². The van der Waals surface area contributed by atoms with Gasteiger partial charge in [0.15, 0.2) is 0 Å². The van der Waals surface area contributed by atoms with Crippen LogP contribution in [0.25, 0.3) is 0 Å². The summed E-state index contributed by atoms with van der Waals surface area (Å²) in [6.45, 7) is 2.90. The molecule has 1 aliphatic carbocycles. The summed E-state index contributed by atoms with van der Waals surface area (Å²) in [6, 6.07) is 2.85. The van der Waals surface area contributed by atoms with Gasteiger partial charge in [-0.3, -0.25) is 4.79 Å². The molecule has 0 atom stereocenters. The highest BCUT2D eigenvalue weighted by molar-refractivity contribution is 5.96. The van der Waals surface area contributed by atoms with E-state index in [2.05, 4.69) is 17.2 Å². The van der Waals surface area contributed by atoms with Crippen molar-refractivity contribution >= 4 is 11.9 Å². The van der Waals surface area contributed by atoms with Gasteiger partial charge in [-0.15, -0.1) is 0 Å². The highest BCUT2D eigenvalue weighted by Gasteiger charge is 2.20. The van der Waals surface area contributed by atoms with Crippen LogP contribution in [0.2, 0.25) is 0 Å². The number of aromatic nitrogens is 1. The Morgan fingerprint density at radius 3 is 2.57 bits per heavy atom. The lowest BCUT2D eigenvalue weighted by Gasteiger charge is -2.27. The maximum atomic E-state index is 12.1. The normalized spacial score (nSPS) is 21.8. The minimum absolute atomic E-state index is 0.105. The van der Waals surface area contributed by atoms with Crippen LogP contribution in [0.5, 0.6) is 0 Å². The number of nitrogens with zero attached hydrogens (tertiary/aromatic N) is 1. The Bertz CT molecular complexity index is 508. The third-order valence-corrected chi connectivity index (χ3v) is 4.34. The monoisotopic (exact) mass is 290 g/mol. The summed E-state index contributed by atoms with van der Waals surface area (Å²) in [6.07, 6.45) is 7.41. The molecule has 0 bridgehead atoms. The predicted molar refractivity (Wildman–Crippen MR) is 79.3 cm³/mol. The van der Waals surface area contributed by atoms with Gasteiger partial charge < -0.3 is 10.4 Å². The van der Waals surface area contributed by atoms with E-state index in [9.17, 15) is 9.59 Å². The molecule has 1 aromatic heterocycles. The van der Waals surface area contributed by atoms with E-state index in [1.807, 2.05) is 0 Å². The summed E-state index contributed by atoms with van der Waals surface area (Å²) >= 11 is 0. The Labute approximate surface area is 124 Å². The minimum atomic E-state index is -1.12. The molecular formula is C16H22N2O3. The summed E-state index contributed by atoms with van der Waals surface area (Å²) in [7, 11) is 0. The summed E-state index contributed by atoms with van der Waals surface area (Å²) in [5, 5.41) is 11.8. The molecule has 0 saturated heterocycles. The lowest BCUT2D eigenvalue weighted by molar-refractivity contribution is 0.0690. The maximum Gasteiger partial charge on any atom is 0.354 e. The van der Waals surface area contributed by atoms with E-state index in [0.29, 0.717) is 18.0 Å². The number of rotatable bonds is 5. The predicted octanol–water partition coefficient (Wildman–Crippen LogP) is 2.73. The van der Waals surface area contributed by atoms with E-state index in [4.69, 9.17) is 5.11 Å². The second-order valence-corrected chi connectivity index (χ2v) is 5.74. The molecule has 1 fully saturated rings. The second-order valence-electron chi connectivity index (χ2n) is 5.74. The van der Waals surface area contributed by atoms with Crippen LogP contribution in [0.1, 0.15) is 59.9 Å². The molecule has 0 spiro atoms. The van der Waals surface area contributed by atoms with Crippen molar-refractivity contribution < 1.29 is 14.7 Å². The van der Waals surface area contributed by atoms with Crippen molar-refractivity contribution in [1.82, 2.24) is 10.3 Å². The molecule has 5 heteroatoms. The Morgan fingerprint density at radius 2 is 1.95 bits per heavy atom. The number of carbonyl (C=O) groups excluding carboxylic acids is 1. The number of carboxylic acid groups (broad SMARTS) is 1. The smallest absolute Gasteiger partial charge is 0.354 e. The summed E-state index contributed by atoms with van der Waals surface area (Å²) < 4.78 is 0. The minimum Gasteiger partial charge on any atom is -0.477 e. The topological polar surface area (TPSA) is 79.3 Å². The molecule has 114 valence electrons. The van der Waals surface area contributed by atoms with Gasteiger partial charge in [0.1, 0.15) is 5.69 Å². The molecule has 2 rings (SSSR count).